The summed E-state index contributed by atoms with van der Waals surface area (Å²) in [7, 11) is 0. The van der Waals surface area contributed by atoms with Crippen LogP contribution in [0.3, 0.4) is 0 Å². The van der Waals surface area contributed by atoms with Gasteiger partial charge in [0.1, 0.15) is 22.3 Å². The third-order valence-electron chi connectivity index (χ3n) is 8.38. The Hall–Kier alpha value is -6.59. The first-order valence-corrected chi connectivity index (χ1v) is 15.0. The Balaban J connectivity index is 1.29. The Kier molecular flexibility index (Phi) is 3.79. The highest BCUT2D eigenvalue weighted by Gasteiger charge is 2.20. The van der Waals surface area contributed by atoms with Crippen LogP contribution in [0.25, 0.3) is 99.9 Å². The van der Waals surface area contributed by atoms with Gasteiger partial charge in [-0.2, -0.15) is 0 Å². The minimum absolute atomic E-state index is 0.0209. The average molecular weight is 628 g/mol. The summed E-state index contributed by atoms with van der Waals surface area (Å²) < 4.78 is 115. The van der Waals surface area contributed by atoms with Crippen LogP contribution in [-0.2, 0) is 0 Å². The molecular formula is C43H25N3O2. The summed E-state index contributed by atoms with van der Waals surface area (Å²) in [5, 5.41) is 2.60. The van der Waals surface area contributed by atoms with Gasteiger partial charge in [-0.3, -0.25) is 0 Å². The van der Waals surface area contributed by atoms with E-state index in [0.29, 0.717) is 44.0 Å². The fourth-order valence-electron chi connectivity index (χ4n) is 6.33. The molecule has 0 aliphatic heterocycles. The highest BCUT2D eigenvalue weighted by Crippen LogP contribution is 2.42. The maximum Gasteiger partial charge on any atom is 0.164 e. The second-order valence-electron chi connectivity index (χ2n) is 11.0. The summed E-state index contributed by atoms with van der Waals surface area (Å²) in [5.41, 5.74) is 2.06. The number of benzene rings is 7. The van der Waals surface area contributed by atoms with E-state index in [1.54, 1.807) is 48.5 Å². The van der Waals surface area contributed by atoms with Gasteiger partial charge in [0.05, 0.1) is 16.4 Å². The van der Waals surface area contributed by atoms with Crippen molar-refractivity contribution in [1.29, 1.82) is 0 Å². The van der Waals surface area contributed by atoms with Crippen molar-refractivity contribution in [2.75, 3.05) is 0 Å². The first kappa shape index (κ1) is 17.4. The Morgan fingerprint density at radius 2 is 1.00 bits per heavy atom. The first-order valence-electron chi connectivity index (χ1n) is 21.0. The van der Waals surface area contributed by atoms with Crippen LogP contribution in [0.1, 0.15) is 16.4 Å². The van der Waals surface area contributed by atoms with Crippen LogP contribution in [0.15, 0.2) is 160 Å². The standard InChI is InChI=1S/C43H25N3O2/c1-2-12-26(13-3-1)41-44-42(46-43(45-41)34-19-11-23-38-40(34)33-17-7-9-21-36(33)48-38)31-25-24-29(27-14-4-5-15-28(27)31)30-18-10-22-37-39(30)32-16-6-8-20-35(32)47-37/h1-25H/i1D,2D,3D,6D,8D,10D,12D,13D,16D,18D,20D,22D. The third-order valence-corrected chi connectivity index (χ3v) is 8.38. The van der Waals surface area contributed by atoms with Gasteiger partial charge >= 0.3 is 0 Å². The molecule has 0 bridgehead atoms. The van der Waals surface area contributed by atoms with Crippen molar-refractivity contribution in [3.8, 4) is 45.3 Å². The minimum Gasteiger partial charge on any atom is -0.456 e. The summed E-state index contributed by atoms with van der Waals surface area (Å²) in [5.74, 6) is 0.0336. The van der Waals surface area contributed by atoms with E-state index < -0.39 is 66.5 Å². The summed E-state index contributed by atoms with van der Waals surface area (Å²) in [6.45, 7) is 0. The average Bonchev–Trinajstić information content (AvgIpc) is 3.85. The molecule has 10 aromatic rings. The second-order valence-corrected chi connectivity index (χ2v) is 11.0. The Bertz CT molecular complexity index is 3520. The van der Waals surface area contributed by atoms with Gasteiger partial charge in [0.25, 0.3) is 0 Å². The number of hydrogen-bond acceptors (Lipinski definition) is 5. The van der Waals surface area contributed by atoms with Crippen molar-refractivity contribution in [1.82, 2.24) is 15.0 Å². The van der Waals surface area contributed by atoms with Crippen LogP contribution in [-0.4, -0.2) is 15.0 Å². The van der Waals surface area contributed by atoms with E-state index >= 15 is 0 Å². The van der Waals surface area contributed by atoms with Crippen molar-refractivity contribution >= 4 is 54.6 Å². The van der Waals surface area contributed by atoms with Crippen molar-refractivity contribution in [3.05, 3.63) is 151 Å². The number of fused-ring (bicyclic) bond motifs is 7. The van der Waals surface area contributed by atoms with Crippen molar-refractivity contribution in [2.45, 2.75) is 0 Å². The molecule has 0 fully saturated rings. The van der Waals surface area contributed by atoms with Crippen LogP contribution >= 0.6 is 0 Å². The number of para-hydroxylation sites is 2. The molecule has 0 unspecified atom stereocenters. The molecule has 3 aromatic heterocycles. The lowest BCUT2D eigenvalue weighted by Gasteiger charge is -2.14. The molecule has 0 spiro atoms. The van der Waals surface area contributed by atoms with Crippen LogP contribution in [0.2, 0.25) is 0 Å². The molecule has 3 heterocycles. The largest absolute Gasteiger partial charge is 0.456 e. The summed E-state index contributed by atoms with van der Waals surface area (Å²) >= 11 is 0. The molecule has 5 nitrogen and oxygen atoms in total. The van der Waals surface area contributed by atoms with Gasteiger partial charge in [0, 0.05) is 38.2 Å². The van der Waals surface area contributed by atoms with E-state index in [-0.39, 0.29) is 56.6 Å². The predicted octanol–water partition coefficient (Wildman–Crippen LogP) is 11.5. The predicted molar refractivity (Wildman–Crippen MR) is 194 cm³/mol. The van der Waals surface area contributed by atoms with E-state index in [0.717, 1.165) is 5.39 Å². The Morgan fingerprint density at radius 3 is 1.88 bits per heavy atom. The molecule has 0 saturated carbocycles. The molecule has 0 aliphatic carbocycles. The smallest absolute Gasteiger partial charge is 0.164 e. The van der Waals surface area contributed by atoms with E-state index in [4.69, 9.17) is 40.2 Å². The maximum absolute atomic E-state index is 9.17. The van der Waals surface area contributed by atoms with Gasteiger partial charge in [0.15, 0.2) is 17.5 Å². The number of nitrogens with zero attached hydrogens (tertiary/aromatic N) is 3. The summed E-state index contributed by atoms with van der Waals surface area (Å²) in [4.78, 5) is 14.5. The van der Waals surface area contributed by atoms with Crippen LogP contribution < -0.4 is 0 Å². The van der Waals surface area contributed by atoms with Crippen LogP contribution in [0.5, 0.6) is 0 Å². The zero-order valence-corrected chi connectivity index (χ0v) is 24.7. The molecule has 0 radical (unpaired) electrons. The topological polar surface area (TPSA) is 65.0 Å². The first-order chi connectivity index (χ1) is 28.8. The molecule has 0 aliphatic rings. The van der Waals surface area contributed by atoms with Crippen molar-refractivity contribution in [3.63, 3.8) is 0 Å². The minimum atomic E-state index is -0.572. The maximum atomic E-state index is 9.17. The lowest BCUT2D eigenvalue weighted by Crippen LogP contribution is -2.01. The van der Waals surface area contributed by atoms with Crippen molar-refractivity contribution in [2.24, 2.45) is 0 Å². The Labute approximate surface area is 291 Å². The second kappa shape index (κ2) is 10.5. The van der Waals surface area contributed by atoms with Crippen molar-refractivity contribution < 1.29 is 25.3 Å². The van der Waals surface area contributed by atoms with Gasteiger partial charge < -0.3 is 8.83 Å². The van der Waals surface area contributed by atoms with E-state index in [9.17, 15) is 0 Å². The molecule has 0 saturated heterocycles. The molecule has 7 aromatic carbocycles. The molecule has 224 valence electrons. The van der Waals surface area contributed by atoms with Crippen LogP contribution in [0, 0.1) is 0 Å². The number of rotatable bonds is 4. The molecule has 0 atom stereocenters. The molecule has 48 heavy (non-hydrogen) atoms. The number of furan rings is 2. The SMILES string of the molecule is [2H]c1c([2H])c([2H])c(-c2nc(-c3ccc(-c4c([2H])c([2H])c([2H])c5oc6c([2H])c([2H])c([2H])c([2H])c6c45)c4ccccc34)nc(-c3cccc4oc5ccccc5c34)n2)c([2H])c1[2H]. The summed E-state index contributed by atoms with van der Waals surface area (Å²) in [6, 6.07) is 17.4. The molecule has 10 rings (SSSR count). The lowest BCUT2D eigenvalue weighted by atomic mass is 9.92. The molecule has 0 amide bonds. The zero-order chi connectivity index (χ0) is 42.0. The third kappa shape index (κ3) is 4.08. The Morgan fingerprint density at radius 1 is 0.375 bits per heavy atom. The van der Waals surface area contributed by atoms with E-state index in [2.05, 4.69) is 0 Å². The fraction of sp³-hybridized carbons (Fsp3) is 0. The van der Waals surface area contributed by atoms with Gasteiger partial charge in [-0.15, -0.1) is 0 Å². The monoisotopic (exact) mass is 627 g/mol. The lowest BCUT2D eigenvalue weighted by molar-refractivity contribution is 0.668. The number of hydrogen-bond donors (Lipinski definition) is 0. The molecular weight excluding hydrogens is 590 g/mol. The van der Waals surface area contributed by atoms with Gasteiger partial charge in [-0.05, 0) is 52.2 Å². The zero-order valence-electron chi connectivity index (χ0n) is 36.7. The summed E-state index contributed by atoms with van der Waals surface area (Å²) in [6.07, 6.45) is 0. The molecule has 0 N–H and O–H groups in total. The van der Waals surface area contributed by atoms with E-state index in [1.165, 1.54) is 0 Å². The van der Waals surface area contributed by atoms with Gasteiger partial charge in [0.2, 0.25) is 0 Å². The highest BCUT2D eigenvalue weighted by atomic mass is 16.3. The molecule has 5 heteroatoms. The van der Waals surface area contributed by atoms with E-state index in [1.807, 2.05) is 30.3 Å². The number of aromatic nitrogens is 3. The quantitative estimate of drug-likeness (QED) is 0.194. The van der Waals surface area contributed by atoms with Gasteiger partial charge in [-0.1, -0.05) is 121 Å². The highest BCUT2D eigenvalue weighted by molar-refractivity contribution is 6.16. The van der Waals surface area contributed by atoms with Gasteiger partial charge in [-0.25, -0.2) is 15.0 Å². The normalized spacial score (nSPS) is 15.2. The van der Waals surface area contributed by atoms with Crippen LogP contribution in [0.4, 0.5) is 0 Å². The fourth-order valence-corrected chi connectivity index (χ4v) is 6.33.